The third kappa shape index (κ3) is 19.0. The van der Waals surface area contributed by atoms with Crippen molar-refractivity contribution in [2.45, 2.75) is 185 Å². The van der Waals surface area contributed by atoms with Gasteiger partial charge in [-0.3, -0.25) is 9.78 Å². The molecule has 11 aromatic rings. The molecule has 0 radical (unpaired) electrons. The molecule has 1 N–H and O–H groups in total. The van der Waals surface area contributed by atoms with Gasteiger partial charge >= 0.3 is 0 Å². The first-order chi connectivity index (χ1) is 49.7. The molecule has 0 saturated heterocycles. The van der Waals surface area contributed by atoms with Crippen molar-refractivity contribution >= 4 is 38.5 Å². The number of methoxy groups -OCH3 is 1. The maximum absolute atomic E-state index is 13.8. The van der Waals surface area contributed by atoms with Crippen molar-refractivity contribution in [3.63, 3.8) is 0 Å². The fraction of sp³-hybridized carbons (Fsp3) is 0.348. The first-order valence-corrected chi connectivity index (χ1v) is 38.3. The zero-order valence-electron chi connectivity index (χ0n) is 65.0. The van der Waals surface area contributed by atoms with Crippen LogP contribution in [0, 0.1) is 23.3 Å². The van der Waals surface area contributed by atoms with Crippen molar-refractivity contribution < 1.29 is 35.5 Å². The van der Waals surface area contributed by atoms with E-state index >= 15 is 0 Å². The summed E-state index contributed by atoms with van der Waals surface area (Å²) in [7, 11) is -0.348. The molecular formula is C89H105F4N7O4S. The lowest BCUT2D eigenvalue weighted by Gasteiger charge is -2.26. The molecule has 0 saturated carbocycles. The summed E-state index contributed by atoms with van der Waals surface area (Å²) < 4.78 is 89.0. The van der Waals surface area contributed by atoms with Gasteiger partial charge < -0.3 is 19.2 Å². The van der Waals surface area contributed by atoms with Crippen molar-refractivity contribution in [1.29, 1.82) is 0 Å². The lowest BCUT2D eigenvalue weighted by molar-refractivity contribution is 0.102. The number of fused-ring (bicyclic) bond motifs is 1. The number of nitrogens with one attached hydrogen (secondary N) is 1. The highest BCUT2D eigenvalue weighted by Crippen LogP contribution is 2.46. The molecule has 4 heterocycles. The van der Waals surface area contributed by atoms with Gasteiger partial charge in [-0.05, 0) is 193 Å². The Labute approximate surface area is 621 Å². The Kier molecular flexibility index (Phi) is 27.5. The number of pyridine rings is 1. The molecule has 105 heavy (non-hydrogen) atoms. The summed E-state index contributed by atoms with van der Waals surface area (Å²) in [6.07, 6.45) is 1.11. The maximum Gasteiger partial charge on any atom is 0.258 e. The van der Waals surface area contributed by atoms with Crippen LogP contribution in [0.4, 0.5) is 29.2 Å². The minimum Gasteiger partial charge on any atom is -0.380 e. The lowest BCUT2D eigenvalue weighted by Crippen LogP contribution is -2.28. The number of carbonyl (C=O) groups excluding carboxylic acids is 1. The van der Waals surface area contributed by atoms with Crippen molar-refractivity contribution in [2.75, 3.05) is 30.0 Å². The van der Waals surface area contributed by atoms with Gasteiger partial charge in [-0.15, -0.1) is 0 Å². The molecular weight excluding hydrogens is 1340 g/mol. The van der Waals surface area contributed by atoms with Crippen LogP contribution in [0.15, 0.2) is 182 Å². The topological polar surface area (TPSA) is 124 Å². The van der Waals surface area contributed by atoms with Crippen LogP contribution in [0.2, 0.25) is 0 Å². The van der Waals surface area contributed by atoms with E-state index in [0.29, 0.717) is 47.6 Å². The largest absolute Gasteiger partial charge is 0.380 e. The van der Waals surface area contributed by atoms with Crippen molar-refractivity contribution in [3.8, 4) is 55.9 Å². The average Bonchev–Trinajstić information content (AvgIpc) is 1.56. The number of hydrogen-bond donors (Lipinski definition) is 1. The summed E-state index contributed by atoms with van der Waals surface area (Å²) >= 11 is 0. The Balaban J connectivity index is 0.000000179. The minimum absolute atomic E-state index is 0.0892. The monoisotopic (exact) mass is 1440 g/mol. The molecule has 554 valence electrons. The Morgan fingerprint density at radius 2 is 0.867 bits per heavy atom. The molecule has 7 aromatic carbocycles. The van der Waals surface area contributed by atoms with E-state index in [9.17, 15) is 30.8 Å². The first-order valence-electron chi connectivity index (χ1n) is 36.5. The zero-order valence-corrected chi connectivity index (χ0v) is 65.8. The fourth-order valence-electron chi connectivity index (χ4n) is 13.8. The van der Waals surface area contributed by atoms with Crippen molar-refractivity contribution in [2.24, 2.45) is 0 Å². The molecule has 0 unspecified atom stereocenters. The van der Waals surface area contributed by atoms with E-state index in [2.05, 4.69) is 146 Å². The first kappa shape index (κ1) is 81.2. The molecule has 0 aliphatic heterocycles. The van der Waals surface area contributed by atoms with E-state index in [1.54, 1.807) is 43.5 Å². The summed E-state index contributed by atoms with van der Waals surface area (Å²) in [4.78, 5) is 27.9. The molecule has 0 spiro atoms. The third-order valence-corrected chi connectivity index (χ3v) is 19.5. The van der Waals surface area contributed by atoms with Crippen LogP contribution < -0.4 is 9.62 Å². The second-order valence-electron chi connectivity index (χ2n) is 29.5. The van der Waals surface area contributed by atoms with E-state index < -0.39 is 10.0 Å². The van der Waals surface area contributed by atoms with Crippen molar-refractivity contribution in [3.05, 3.63) is 256 Å². The van der Waals surface area contributed by atoms with Crippen molar-refractivity contribution in [1.82, 2.24) is 24.1 Å². The van der Waals surface area contributed by atoms with Crippen LogP contribution >= 0.6 is 0 Å². The van der Waals surface area contributed by atoms with E-state index in [0.717, 1.165) is 89.2 Å². The Hall–Kier alpha value is -9.51. The Morgan fingerprint density at radius 1 is 0.448 bits per heavy atom. The molecule has 4 aromatic heterocycles. The van der Waals surface area contributed by atoms with Gasteiger partial charge in [0.1, 0.15) is 23.3 Å². The summed E-state index contributed by atoms with van der Waals surface area (Å²) in [5.41, 5.74) is 20.8. The zero-order chi connectivity index (χ0) is 77.0. The van der Waals surface area contributed by atoms with E-state index in [1.807, 2.05) is 113 Å². The third-order valence-electron chi connectivity index (χ3n) is 18.4. The van der Waals surface area contributed by atoms with Gasteiger partial charge in [-0.1, -0.05) is 188 Å². The highest BCUT2D eigenvalue weighted by molar-refractivity contribution is 7.92. The van der Waals surface area contributed by atoms with Gasteiger partial charge in [0.25, 0.3) is 5.91 Å². The predicted molar refractivity (Wildman–Crippen MR) is 427 cm³/mol. The van der Waals surface area contributed by atoms with E-state index in [1.165, 1.54) is 76.7 Å². The normalized spacial score (nSPS) is 11.7. The number of para-hydroxylation sites is 2. The van der Waals surface area contributed by atoms with E-state index in [4.69, 9.17) is 9.72 Å². The molecule has 0 atom stereocenters. The number of nitrogens with zero attached hydrogens (tertiary/aromatic N) is 6. The molecule has 0 aliphatic carbocycles. The number of rotatable bonds is 20. The Bertz CT molecular complexity index is 4840. The fourth-order valence-corrected chi connectivity index (χ4v) is 14.2. The summed E-state index contributed by atoms with van der Waals surface area (Å²) in [6, 6.07) is 54.7. The van der Waals surface area contributed by atoms with Gasteiger partial charge in [-0.25, -0.2) is 40.3 Å². The van der Waals surface area contributed by atoms with Gasteiger partial charge in [-0.2, -0.15) is 0 Å². The lowest BCUT2D eigenvalue weighted by atomic mass is 9.83. The molecule has 16 heteroatoms. The number of hydrogen-bond acceptors (Lipinski definition) is 7. The SMILES string of the molecule is CC(C)c1c(-c2ccc(F)cc2)c2ccccc2n1C(C)C.CC(C)c1c(C(=O)Nc2ccccc2)c(-c2ccccc2)c(-c2ccc(F)cc2)n1C(C)C.CC(C)c1nc(N(C)S(C)(=O)=O)nc(-c2ccc(F)cc2)c1C(C)C.COCc1c(C(C)C)nc(C(C)C)c(C(C)C)c1-c1ccc(F)cc1. The number of amides is 1. The van der Waals surface area contributed by atoms with Crippen LogP contribution in [-0.4, -0.2) is 58.8 Å². The number of aromatic nitrogens is 5. The molecule has 11 nitrogen and oxygen atoms in total. The van der Waals surface area contributed by atoms with Gasteiger partial charge in [0.05, 0.1) is 35.5 Å². The average molecular weight is 1440 g/mol. The highest BCUT2D eigenvalue weighted by atomic mass is 32.2. The molecule has 0 aliphatic rings. The number of ether oxygens (including phenoxy) is 1. The molecule has 1 amide bonds. The van der Waals surface area contributed by atoms with Crippen LogP contribution in [0.1, 0.15) is 234 Å². The van der Waals surface area contributed by atoms with Gasteiger partial charge in [0.15, 0.2) is 0 Å². The summed E-state index contributed by atoms with van der Waals surface area (Å²) in [5.74, 6) is 0.608. The van der Waals surface area contributed by atoms with Gasteiger partial charge in [0, 0.05) is 93.4 Å². The number of sulfonamides is 1. The van der Waals surface area contributed by atoms with Gasteiger partial charge in [0.2, 0.25) is 16.0 Å². The van der Waals surface area contributed by atoms with Crippen LogP contribution in [0.5, 0.6) is 0 Å². The quantitative estimate of drug-likeness (QED) is 0.0754. The minimum atomic E-state index is -3.49. The van der Waals surface area contributed by atoms with Crippen LogP contribution in [0.3, 0.4) is 0 Å². The standard InChI is InChI=1S/C29H29FN2O.C22H30FNO.C20H22FN.C18H24FN3O2S/c1-19(2)27-26(29(33)31-24-13-9-6-10-14-24)25(21-11-7-5-8-12-21)28(32(27)20(3)4)22-15-17-23(30)18-16-22;1-13(2)19-20(16-8-10-17(23)11-9-16)18(12-25-7)21(14(3)4)24-22(19)15(5)6;1-13(2)20-19(15-9-11-16(21)12-10-15)17-7-5-6-8-18(17)22(20)14(3)4;1-11(2)15-16(12(3)4)20-18(22(5)25(6,23)24)21-17(15)13-7-9-14(19)10-8-13/h5-20H,1-4H3,(H,31,33);8-11,13-15H,12H2,1-7H3;5-14H,1-4H3;7-12H,1-6H3. The summed E-state index contributed by atoms with van der Waals surface area (Å²) in [6.45, 7) is 39.0. The number of halogens is 4. The Morgan fingerprint density at radius 3 is 1.30 bits per heavy atom. The maximum atomic E-state index is 13.8. The number of anilines is 2. The number of benzene rings is 7. The molecule has 11 rings (SSSR count). The van der Waals surface area contributed by atoms with E-state index in [-0.39, 0.29) is 58.9 Å². The summed E-state index contributed by atoms with van der Waals surface area (Å²) in [5, 5.41) is 4.33. The molecule has 0 bridgehead atoms. The van der Waals surface area contributed by atoms with Crippen LogP contribution in [-0.2, 0) is 21.4 Å². The second kappa shape index (κ2) is 35.5. The highest BCUT2D eigenvalue weighted by Gasteiger charge is 2.33. The predicted octanol–water partition coefficient (Wildman–Crippen LogP) is 24.4. The molecule has 0 fully saturated rings. The smallest absolute Gasteiger partial charge is 0.258 e. The van der Waals surface area contributed by atoms with Crippen LogP contribution in [0.25, 0.3) is 66.8 Å². The number of carbonyl (C=O) groups is 1. The second-order valence-corrected chi connectivity index (χ2v) is 31.5.